The molecule has 0 radical (unpaired) electrons. The summed E-state index contributed by atoms with van der Waals surface area (Å²) in [5.74, 6) is 0.151. The monoisotopic (exact) mass is 292 g/mol. The van der Waals surface area contributed by atoms with Gasteiger partial charge in [0, 0.05) is 11.4 Å². The van der Waals surface area contributed by atoms with Crippen molar-refractivity contribution in [2.75, 3.05) is 18.4 Å². The van der Waals surface area contributed by atoms with Crippen molar-refractivity contribution < 1.29 is 4.79 Å². The van der Waals surface area contributed by atoms with Gasteiger partial charge in [-0.2, -0.15) is 0 Å². The molecule has 0 aliphatic carbocycles. The Hall–Kier alpha value is -1.13. The highest BCUT2D eigenvalue weighted by molar-refractivity contribution is 7.10. The van der Waals surface area contributed by atoms with Crippen LogP contribution in [0.15, 0.2) is 18.0 Å². The quantitative estimate of drug-likeness (QED) is 0.839. The number of piperidine rings is 1. The second kappa shape index (κ2) is 7.04. The van der Waals surface area contributed by atoms with Crippen LogP contribution in [0.5, 0.6) is 0 Å². The van der Waals surface area contributed by atoms with E-state index >= 15 is 0 Å². The minimum Gasteiger partial charge on any atom is -0.323 e. The largest absolute Gasteiger partial charge is 0.323 e. The molecule has 0 saturated carbocycles. The van der Waals surface area contributed by atoms with Crippen molar-refractivity contribution in [3.05, 3.63) is 28.5 Å². The number of carbonyl (C=O) groups is 1. The first kappa shape index (κ1) is 15.3. The average molecular weight is 292 g/mol. The third-order valence-corrected chi connectivity index (χ3v) is 4.97. The molecule has 0 bridgehead atoms. The Labute approximate surface area is 125 Å². The van der Waals surface area contributed by atoms with Gasteiger partial charge in [0.05, 0.1) is 11.7 Å². The fourth-order valence-corrected chi connectivity index (χ4v) is 3.58. The molecule has 1 N–H and O–H groups in total. The maximum absolute atomic E-state index is 12.6. The lowest BCUT2D eigenvalue weighted by molar-refractivity contribution is -0.122. The zero-order valence-corrected chi connectivity index (χ0v) is 13.3. The smallest absolute Gasteiger partial charge is 0.241 e. The SMILES string of the molecule is C=CCCN1CCCC[C@H]1C(=O)Nc1c(C)csc1C. The van der Waals surface area contributed by atoms with Crippen LogP contribution >= 0.6 is 11.3 Å². The van der Waals surface area contributed by atoms with Gasteiger partial charge in [0.15, 0.2) is 0 Å². The standard InChI is InChI=1S/C16H24N2OS/c1-4-5-9-18-10-7-6-8-14(18)16(19)17-15-12(2)11-20-13(15)3/h4,11,14H,1,5-10H2,2-3H3,(H,17,19)/t14-/m0/s1. The van der Waals surface area contributed by atoms with Crippen LogP contribution in [0.25, 0.3) is 0 Å². The molecule has 110 valence electrons. The number of hydrogen-bond donors (Lipinski definition) is 1. The predicted molar refractivity (Wildman–Crippen MR) is 86.4 cm³/mol. The molecule has 1 saturated heterocycles. The first-order chi connectivity index (χ1) is 9.63. The Balaban J connectivity index is 2.04. The minimum atomic E-state index is 0.0161. The van der Waals surface area contributed by atoms with E-state index in [-0.39, 0.29) is 11.9 Å². The Morgan fingerprint density at radius 3 is 3.00 bits per heavy atom. The summed E-state index contributed by atoms with van der Waals surface area (Å²) < 4.78 is 0. The lowest BCUT2D eigenvalue weighted by Gasteiger charge is -2.34. The van der Waals surface area contributed by atoms with E-state index in [1.807, 2.05) is 6.08 Å². The van der Waals surface area contributed by atoms with Gasteiger partial charge < -0.3 is 5.32 Å². The number of carbonyl (C=O) groups excluding carboxylic acids is 1. The molecule has 1 aromatic rings. The van der Waals surface area contributed by atoms with Gasteiger partial charge in [0.2, 0.25) is 5.91 Å². The number of amides is 1. The minimum absolute atomic E-state index is 0.0161. The molecule has 2 rings (SSSR count). The molecule has 1 aliphatic heterocycles. The molecule has 1 amide bonds. The van der Waals surface area contributed by atoms with Gasteiger partial charge in [-0.05, 0) is 50.6 Å². The van der Waals surface area contributed by atoms with E-state index < -0.39 is 0 Å². The summed E-state index contributed by atoms with van der Waals surface area (Å²) in [7, 11) is 0. The molecule has 1 atom stereocenters. The molecular formula is C16H24N2OS. The third-order valence-electron chi connectivity index (χ3n) is 3.94. The zero-order chi connectivity index (χ0) is 14.5. The molecule has 4 heteroatoms. The molecule has 20 heavy (non-hydrogen) atoms. The van der Waals surface area contributed by atoms with Crippen molar-refractivity contribution in [3.63, 3.8) is 0 Å². The molecule has 2 heterocycles. The van der Waals surface area contributed by atoms with E-state index in [0.717, 1.165) is 43.6 Å². The van der Waals surface area contributed by atoms with Crippen molar-refractivity contribution in [1.29, 1.82) is 0 Å². The second-order valence-corrected chi connectivity index (χ2v) is 6.55. The summed E-state index contributed by atoms with van der Waals surface area (Å²) in [5.41, 5.74) is 2.17. The van der Waals surface area contributed by atoms with Crippen molar-refractivity contribution >= 4 is 22.9 Å². The number of nitrogens with one attached hydrogen (secondary N) is 1. The highest BCUT2D eigenvalue weighted by atomic mass is 32.1. The summed E-state index contributed by atoms with van der Waals surface area (Å²) in [6, 6.07) is 0.0161. The van der Waals surface area contributed by atoms with Crippen LogP contribution < -0.4 is 5.32 Å². The Kier molecular flexibility index (Phi) is 5.38. The van der Waals surface area contributed by atoms with Gasteiger partial charge in [-0.3, -0.25) is 9.69 Å². The van der Waals surface area contributed by atoms with Crippen LogP contribution in [0.4, 0.5) is 5.69 Å². The lowest BCUT2D eigenvalue weighted by atomic mass is 10.0. The Morgan fingerprint density at radius 1 is 1.55 bits per heavy atom. The third kappa shape index (κ3) is 3.49. The number of anilines is 1. The Morgan fingerprint density at radius 2 is 2.35 bits per heavy atom. The second-order valence-electron chi connectivity index (χ2n) is 5.46. The molecule has 3 nitrogen and oxygen atoms in total. The van der Waals surface area contributed by atoms with E-state index in [4.69, 9.17) is 0 Å². The average Bonchev–Trinajstić information content (AvgIpc) is 2.77. The molecule has 0 aromatic carbocycles. The summed E-state index contributed by atoms with van der Waals surface area (Å²) in [6.07, 6.45) is 6.17. The van der Waals surface area contributed by atoms with Crippen LogP contribution in [0, 0.1) is 13.8 Å². The summed E-state index contributed by atoms with van der Waals surface area (Å²) in [6.45, 7) is 9.84. The normalized spacial score (nSPS) is 19.8. The first-order valence-electron chi connectivity index (χ1n) is 7.34. The Bertz CT molecular complexity index is 461. The van der Waals surface area contributed by atoms with Crippen LogP contribution in [0.2, 0.25) is 0 Å². The van der Waals surface area contributed by atoms with E-state index in [1.54, 1.807) is 11.3 Å². The van der Waals surface area contributed by atoms with Crippen LogP contribution in [0.1, 0.15) is 36.1 Å². The molecule has 1 aliphatic rings. The van der Waals surface area contributed by atoms with E-state index in [1.165, 1.54) is 11.3 Å². The molecule has 0 unspecified atom stereocenters. The topological polar surface area (TPSA) is 32.3 Å². The first-order valence-corrected chi connectivity index (χ1v) is 8.22. The number of rotatable bonds is 5. The fraction of sp³-hybridized carbons (Fsp3) is 0.562. The van der Waals surface area contributed by atoms with Crippen molar-refractivity contribution in [2.45, 2.75) is 45.6 Å². The van der Waals surface area contributed by atoms with Gasteiger partial charge in [0.1, 0.15) is 0 Å². The number of thiophene rings is 1. The maximum atomic E-state index is 12.6. The highest BCUT2D eigenvalue weighted by Crippen LogP contribution is 2.27. The fourth-order valence-electron chi connectivity index (χ4n) is 2.78. The summed E-state index contributed by atoms with van der Waals surface area (Å²) in [5, 5.41) is 5.24. The number of hydrogen-bond acceptors (Lipinski definition) is 3. The van der Waals surface area contributed by atoms with Crippen molar-refractivity contribution in [2.24, 2.45) is 0 Å². The predicted octanol–water partition coefficient (Wildman–Crippen LogP) is 3.73. The van der Waals surface area contributed by atoms with Crippen molar-refractivity contribution in [1.82, 2.24) is 4.90 Å². The van der Waals surface area contributed by atoms with Crippen molar-refractivity contribution in [3.8, 4) is 0 Å². The van der Waals surface area contributed by atoms with Gasteiger partial charge in [-0.25, -0.2) is 0 Å². The van der Waals surface area contributed by atoms with E-state index in [9.17, 15) is 4.79 Å². The zero-order valence-electron chi connectivity index (χ0n) is 12.4. The lowest BCUT2D eigenvalue weighted by Crippen LogP contribution is -2.47. The highest BCUT2D eigenvalue weighted by Gasteiger charge is 2.28. The number of aryl methyl sites for hydroxylation is 2. The van der Waals surface area contributed by atoms with E-state index in [0.29, 0.717) is 0 Å². The maximum Gasteiger partial charge on any atom is 0.241 e. The number of nitrogens with zero attached hydrogens (tertiary/aromatic N) is 1. The van der Waals surface area contributed by atoms with E-state index in [2.05, 4.69) is 36.0 Å². The number of likely N-dealkylation sites (tertiary alicyclic amines) is 1. The van der Waals surface area contributed by atoms with Crippen LogP contribution in [-0.2, 0) is 4.79 Å². The molecule has 1 fully saturated rings. The molecular weight excluding hydrogens is 268 g/mol. The molecule has 1 aromatic heterocycles. The summed E-state index contributed by atoms with van der Waals surface area (Å²) in [4.78, 5) is 16.1. The summed E-state index contributed by atoms with van der Waals surface area (Å²) >= 11 is 1.69. The van der Waals surface area contributed by atoms with Gasteiger partial charge >= 0.3 is 0 Å². The van der Waals surface area contributed by atoms with Crippen LogP contribution in [0.3, 0.4) is 0 Å². The van der Waals surface area contributed by atoms with Gasteiger partial charge in [-0.15, -0.1) is 17.9 Å². The van der Waals surface area contributed by atoms with Gasteiger partial charge in [0.25, 0.3) is 0 Å². The van der Waals surface area contributed by atoms with Crippen LogP contribution in [-0.4, -0.2) is 29.9 Å². The molecule has 0 spiro atoms. The van der Waals surface area contributed by atoms with Gasteiger partial charge in [-0.1, -0.05) is 12.5 Å².